The van der Waals surface area contributed by atoms with Crippen LogP contribution in [0, 0.1) is 18.3 Å². The fourth-order valence-electron chi connectivity index (χ4n) is 1.54. The molecule has 1 rings (SSSR count). The molecule has 0 aliphatic rings. The van der Waals surface area contributed by atoms with E-state index in [1.54, 1.807) is 4.90 Å². The van der Waals surface area contributed by atoms with Gasteiger partial charge in [0.2, 0.25) is 5.91 Å². The van der Waals surface area contributed by atoms with E-state index in [4.69, 9.17) is 5.26 Å². The fraction of sp³-hybridized carbons (Fsp3) is 0.385. The third-order valence-electron chi connectivity index (χ3n) is 2.60. The first-order valence-corrected chi connectivity index (χ1v) is 5.38. The molecule has 3 nitrogen and oxygen atoms in total. The van der Waals surface area contributed by atoms with Crippen molar-refractivity contribution in [3.05, 3.63) is 35.4 Å². The third-order valence-corrected chi connectivity index (χ3v) is 2.60. The van der Waals surface area contributed by atoms with Gasteiger partial charge >= 0.3 is 0 Å². The third kappa shape index (κ3) is 3.09. The minimum absolute atomic E-state index is 0.0124. The molecule has 0 spiro atoms. The van der Waals surface area contributed by atoms with Crippen LogP contribution in [0.2, 0.25) is 0 Å². The lowest BCUT2D eigenvalue weighted by Crippen LogP contribution is -2.32. The number of hydrogen-bond donors (Lipinski definition) is 0. The zero-order chi connectivity index (χ0) is 12.0. The second-order valence-corrected chi connectivity index (χ2v) is 3.67. The van der Waals surface area contributed by atoms with E-state index in [1.165, 1.54) is 0 Å². The Balaban J connectivity index is 2.71. The molecule has 0 aromatic heterocycles. The Bertz CT molecular complexity index is 407. The average Bonchev–Trinajstić information content (AvgIpc) is 2.29. The Morgan fingerprint density at radius 3 is 2.69 bits per heavy atom. The van der Waals surface area contributed by atoms with Gasteiger partial charge in [-0.1, -0.05) is 24.3 Å². The topological polar surface area (TPSA) is 44.1 Å². The van der Waals surface area contributed by atoms with E-state index in [-0.39, 0.29) is 12.5 Å². The van der Waals surface area contributed by atoms with Gasteiger partial charge in [0, 0.05) is 6.54 Å². The number of aryl methyl sites for hydroxylation is 1. The Hall–Kier alpha value is -1.82. The van der Waals surface area contributed by atoms with E-state index >= 15 is 0 Å². The zero-order valence-corrected chi connectivity index (χ0v) is 9.73. The number of carbonyl (C=O) groups excluding carboxylic acids is 1. The molecule has 0 aliphatic heterocycles. The molecular formula is C13H16N2O. The molecule has 0 aliphatic carbocycles. The highest BCUT2D eigenvalue weighted by Gasteiger charge is 2.12. The monoisotopic (exact) mass is 216 g/mol. The van der Waals surface area contributed by atoms with Gasteiger partial charge in [-0.05, 0) is 25.0 Å². The first kappa shape index (κ1) is 12.3. The lowest BCUT2D eigenvalue weighted by Gasteiger charge is -2.17. The summed E-state index contributed by atoms with van der Waals surface area (Å²) >= 11 is 0. The maximum Gasteiger partial charge on any atom is 0.227 e. The van der Waals surface area contributed by atoms with Crippen molar-refractivity contribution in [1.29, 1.82) is 5.26 Å². The second-order valence-electron chi connectivity index (χ2n) is 3.67. The SMILES string of the molecule is CCN(CC#N)C(=O)Cc1ccccc1C. The van der Waals surface area contributed by atoms with Gasteiger partial charge in [0.25, 0.3) is 0 Å². The van der Waals surface area contributed by atoms with E-state index in [1.807, 2.05) is 44.2 Å². The Morgan fingerprint density at radius 1 is 1.44 bits per heavy atom. The van der Waals surface area contributed by atoms with Gasteiger partial charge in [0.05, 0.1) is 12.5 Å². The molecule has 0 unspecified atom stereocenters. The summed E-state index contributed by atoms with van der Waals surface area (Å²) < 4.78 is 0. The predicted octanol–water partition coefficient (Wildman–Crippen LogP) is 1.91. The summed E-state index contributed by atoms with van der Waals surface area (Å²) in [7, 11) is 0. The van der Waals surface area contributed by atoms with Gasteiger partial charge in [-0.15, -0.1) is 0 Å². The maximum absolute atomic E-state index is 11.9. The van der Waals surface area contributed by atoms with E-state index in [0.29, 0.717) is 13.0 Å². The number of nitrogens with zero attached hydrogens (tertiary/aromatic N) is 2. The molecule has 0 saturated carbocycles. The summed E-state index contributed by atoms with van der Waals surface area (Å²) in [5.74, 6) is 0.0124. The minimum Gasteiger partial charge on any atom is -0.329 e. The Labute approximate surface area is 96.3 Å². The van der Waals surface area contributed by atoms with Crippen molar-refractivity contribution in [3.8, 4) is 6.07 Å². The first-order chi connectivity index (χ1) is 7.69. The summed E-state index contributed by atoms with van der Waals surface area (Å²) in [6, 6.07) is 9.83. The van der Waals surface area contributed by atoms with Crippen LogP contribution < -0.4 is 0 Å². The normalized spacial score (nSPS) is 9.56. The standard InChI is InChI=1S/C13H16N2O/c1-3-15(9-8-14)13(16)10-12-7-5-4-6-11(12)2/h4-7H,3,9-10H2,1-2H3. The zero-order valence-electron chi connectivity index (χ0n) is 9.73. The maximum atomic E-state index is 11.9. The fourth-order valence-corrected chi connectivity index (χ4v) is 1.54. The first-order valence-electron chi connectivity index (χ1n) is 5.38. The van der Waals surface area contributed by atoms with Crippen molar-refractivity contribution in [2.75, 3.05) is 13.1 Å². The van der Waals surface area contributed by atoms with E-state index < -0.39 is 0 Å². The number of likely N-dealkylation sites (N-methyl/N-ethyl adjacent to an activating group) is 1. The lowest BCUT2D eigenvalue weighted by molar-refractivity contribution is -0.129. The number of rotatable bonds is 4. The second kappa shape index (κ2) is 5.92. The van der Waals surface area contributed by atoms with Crippen molar-refractivity contribution >= 4 is 5.91 Å². The molecule has 1 aromatic carbocycles. The van der Waals surface area contributed by atoms with Crippen molar-refractivity contribution in [2.45, 2.75) is 20.3 Å². The van der Waals surface area contributed by atoms with Crippen LogP contribution in [0.5, 0.6) is 0 Å². The number of benzene rings is 1. The highest BCUT2D eigenvalue weighted by molar-refractivity contribution is 5.79. The number of amides is 1. The molecular weight excluding hydrogens is 200 g/mol. The van der Waals surface area contributed by atoms with Crippen LogP contribution in [0.3, 0.4) is 0 Å². The highest BCUT2D eigenvalue weighted by Crippen LogP contribution is 2.09. The quantitative estimate of drug-likeness (QED) is 0.722. The number of hydrogen-bond acceptors (Lipinski definition) is 2. The Kier molecular flexibility index (Phi) is 4.53. The predicted molar refractivity (Wildman–Crippen MR) is 62.8 cm³/mol. The molecule has 84 valence electrons. The molecule has 3 heteroatoms. The molecule has 0 atom stereocenters. The van der Waals surface area contributed by atoms with Gasteiger partial charge in [0.1, 0.15) is 6.54 Å². The molecule has 0 fully saturated rings. The summed E-state index contributed by atoms with van der Waals surface area (Å²) in [6.07, 6.45) is 0.377. The summed E-state index contributed by atoms with van der Waals surface area (Å²) in [4.78, 5) is 13.4. The van der Waals surface area contributed by atoms with Crippen molar-refractivity contribution < 1.29 is 4.79 Å². The summed E-state index contributed by atoms with van der Waals surface area (Å²) in [5, 5.41) is 8.59. The summed E-state index contributed by atoms with van der Waals surface area (Å²) in [6.45, 7) is 4.62. The molecule has 0 bridgehead atoms. The molecule has 16 heavy (non-hydrogen) atoms. The van der Waals surface area contributed by atoms with Crippen LogP contribution in [0.1, 0.15) is 18.1 Å². The van der Waals surface area contributed by atoms with Crippen LogP contribution in [0.25, 0.3) is 0 Å². The van der Waals surface area contributed by atoms with Crippen molar-refractivity contribution in [1.82, 2.24) is 4.90 Å². The van der Waals surface area contributed by atoms with Crippen LogP contribution in [-0.4, -0.2) is 23.9 Å². The van der Waals surface area contributed by atoms with Gasteiger partial charge in [0.15, 0.2) is 0 Å². The lowest BCUT2D eigenvalue weighted by atomic mass is 10.1. The number of carbonyl (C=O) groups is 1. The molecule has 1 aromatic rings. The smallest absolute Gasteiger partial charge is 0.227 e. The molecule has 0 radical (unpaired) electrons. The highest BCUT2D eigenvalue weighted by atomic mass is 16.2. The molecule has 1 amide bonds. The molecule has 0 N–H and O–H groups in total. The van der Waals surface area contributed by atoms with Gasteiger partial charge in [-0.2, -0.15) is 5.26 Å². The van der Waals surface area contributed by atoms with Crippen molar-refractivity contribution in [2.24, 2.45) is 0 Å². The average molecular weight is 216 g/mol. The largest absolute Gasteiger partial charge is 0.329 e. The van der Waals surface area contributed by atoms with Gasteiger partial charge in [-0.3, -0.25) is 4.79 Å². The van der Waals surface area contributed by atoms with Gasteiger partial charge < -0.3 is 4.90 Å². The van der Waals surface area contributed by atoms with E-state index in [2.05, 4.69) is 0 Å². The molecule has 0 heterocycles. The van der Waals surface area contributed by atoms with Crippen LogP contribution in [0.15, 0.2) is 24.3 Å². The molecule has 0 saturated heterocycles. The Morgan fingerprint density at radius 2 is 2.12 bits per heavy atom. The van der Waals surface area contributed by atoms with Gasteiger partial charge in [-0.25, -0.2) is 0 Å². The summed E-state index contributed by atoms with van der Waals surface area (Å²) in [5.41, 5.74) is 2.15. The van der Waals surface area contributed by atoms with Crippen LogP contribution in [0.4, 0.5) is 0 Å². The van der Waals surface area contributed by atoms with E-state index in [9.17, 15) is 4.79 Å². The van der Waals surface area contributed by atoms with Crippen LogP contribution >= 0.6 is 0 Å². The van der Waals surface area contributed by atoms with E-state index in [0.717, 1.165) is 11.1 Å². The van der Waals surface area contributed by atoms with Crippen LogP contribution in [-0.2, 0) is 11.2 Å². The minimum atomic E-state index is 0.0124. The number of nitriles is 1. The van der Waals surface area contributed by atoms with Crippen molar-refractivity contribution in [3.63, 3.8) is 0 Å².